The highest BCUT2D eigenvalue weighted by Crippen LogP contribution is 2.32. The highest BCUT2D eigenvalue weighted by atomic mass is 32.1. The molecular weight excluding hydrogens is 403 g/mol. The summed E-state index contributed by atoms with van der Waals surface area (Å²) in [6.45, 7) is 6.71. The number of aryl methyl sites for hydroxylation is 1. The Kier molecular flexibility index (Phi) is 7.34. The van der Waals surface area contributed by atoms with Gasteiger partial charge in [0.1, 0.15) is 5.69 Å². The van der Waals surface area contributed by atoms with Gasteiger partial charge in [-0.1, -0.05) is 0 Å². The molecule has 0 aromatic carbocycles. The minimum absolute atomic E-state index is 0. The van der Waals surface area contributed by atoms with Crippen LogP contribution in [0.2, 0.25) is 0 Å². The molecule has 2 N–H and O–H groups in total. The van der Waals surface area contributed by atoms with E-state index in [0.29, 0.717) is 23.5 Å². The molecule has 2 aromatic heterocycles. The number of hydrogen-bond acceptors (Lipinski definition) is 4. The van der Waals surface area contributed by atoms with Crippen LogP contribution in [-0.4, -0.2) is 39.1 Å². The van der Waals surface area contributed by atoms with Gasteiger partial charge < -0.3 is 5.32 Å². The summed E-state index contributed by atoms with van der Waals surface area (Å²) in [6, 6.07) is 4.77. The Morgan fingerprint density at radius 1 is 1.38 bits per heavy atom. The molecule has 2 atom stereocenters. The van der Waals surface area contributed by atoms with Gasteiger partial charge in [0.25, 0.3) is 0 Å². The number of likely N-dealkylation sites (tertiary alicyclic amines) is 1. The van der Waals surface area contributed by atoms with Crippen LogP contribution in [0.5, 0.6) is 0 Å². The topological polar surface area (TPSA) is 73.9 Å². The third-order valence-electron chi connectivity index (χ3n) is 5.04. The molecule has 1 fully saturated rings. The number of rotatable bonds is 5. The molecule has 1 unspecified atom stereocenters. The van der Waals surface area contributed by atoms with Crippen molar-refractivity contribution in [2.24, 2.45) is 5.92 Å². The van der Waals surface area contributed by atoms with Crippen LogP contribution in [0.25, 0.3) is 0 Å². The third-order valence-corrected chi connectivity index (χ3v) is 5.04. The smallest absolute Gasteiger partial charge is 0.309 e. The standard InChI is InChI=1S/C19H24F3N5O.H2S/c1-11-6-15(8-17(23-11)19(20,21)22)7-14-4-5-27(10-14)12(2)16-9-18(26-25-16)24-13(3)28;/h6,8-9,12,14H,4-5,7,10H2,1-3H3,(H2,24,25,26,28);1H2/t12?,14-;/m1./s1. The van der Waals surface area contributed by atoms with Crippen molar-refractivity contribution in [2.45, 2.75) is 45.8 Å². The Labute approximate surface area is 174 Å². The molecule has 6 nitrogen and oxygen atoms in total. The maximum absolute atomic E-state index is 13.0. The summed E-state index contributed by atoms with van der Waals surface area (Å²) in [7, 11) is 0. The van der Waals surface area contributed by atoms with Crippen LogP contribution in [0.1, 0.15) is 49.0 Å². The average Bonchev–Trinajstić information content (AvgIpc) is 3.22. The SMILES string of the molecule is CC(=O)Nc1cc(C(C)N2CC[C@H](Cc3cc(C)nc(C(F)(F)F)c3)C2)[nH]n1.S. The first kappa shape index (κ1) is 23.2. The first-order valence-electron chi connectivity index (χ1n) is 9.23. The molecule has 0 saturated carbocycles. The van der Waals surface area contributed by atoms with E-state index in [-0.39, 0.29) is 31.4 Å². The van der Waals surface area contributed by atoms with Gasteiger partial charge in [-0.05, 0) is 56.8 Å². The van der Waals surface area contributed by atoms with Crippen molar-refractivity contribution >= 4 is 25.2 Å². The lowest BCUT2D eigenvalue weighted by Crippen LogP contribution is -2.25. The molecule has 29 heavy (non-hydrogen) atoms. The first-order valence-corrected chi connectivity index (χ1v) is 9.23. The predicted octanol–water partition coefficient (Wildman–Crippen LogP) is 3.83. The van der Waals surface area contributed by atoms with Crippen LogP contribution in [0, 0.1) is 12.8 Å². The number of anilines is 1. The number of aromatic nitrogens is 3. The minimum Gasteiger partial charge on any atom is -0.309 e. The van der Waals surface area contributed by atoms with Crippen molar-refractivity contribution in [1.29, 1.82) is 0 Å². The van der Waals surface area contributed by atoms with Crippen LogP contribution >= 0.6 is 13.5 Å². The summed E-state index contributed by atoms with van der Waals surface area (Å²) in [6.07, 6.45) is -2.92. The molecule has 160 valence electrons. The van der Waals surface area contributed by atoms with Crippen LogP contribution in [0.3, 0.4) is 0 Å². The summed E-state index contributed by atoms with van der Waals surface area (Å²) in [4.78, 5) is 17.0. The Hall–Kier alpha value is -2.07. The number of nitrogens with one attached hydrogen (secondary N) is 2. The second-order valence-corrected chi connectivity index (χ2v) is 7.42. The lowest BCUT2D eigenvalue weighted by atomic mass is 9.98. The number of alkyl halides is 3. The maximum atomic E-state index is 13.0. The monoisotopic (exact) mass is 429 g/mol. The highest BCUT2D eigenvalue weighted by molar-refractivity contribution is 7.59. The number of nitrogens with zero attached hydrogens (tertiary/aromatic N) is 3. The molecule has 3 rings (SSSR count). The Morgan fingerprint density at radius 3 is 2.76 bits per heavy atom. The molecule has 2 aromatic rings. The van der Waals surface area contributed by atoms with Crippen molar-refractivity contribution < 1.29 is 18.0 Å². The van der Waals surface area contributed by atoms with Gasteiger partial charge in [-0.25, -0.2) is 4.98 Å². The zero-order valence-electron chi connectivity index (χ0n) is 16.6. The van der Waals surface area contributed by atoms with E-state index >= 15 is 0 Å². The van der Waals surface area contributed by atoms with Gasteiger partial charge in [-0.2, -0.15) is 31.8 Å². The molecule has 0 radical (unpaired) electrons. The van der Waals surface area contributed by atoms with Crippen LogP contribution in [0.15, 0.2) is 18.2 Å². The zero-order chi connectivity index (χ0) is 20.5. The van der Waals surface area contributed by atoms with Crippen LogP contribution in [0.4, 0.5) is 19.0 Å². The fraction of sp³-hybridized carbons (Fsp3) is 0.526. The zero-order valence-corrected chi connectivity index (χ0v) is 17.6. The molecule has 1 saturated heterocycles. The lowest BCUT2D eigenvalue weighted by molar-refractivity contribution is -0.141. The minimum atomic E-state index is -4.43. The van der Waals surface area contributed by atoms with Crippen molar-refractivity contribution in [3.05, 3.63) is 40.8 Å². The van der Waals surface area contributed by atoms with Crippen LogP contribution in [-0.2, 0) is 17.4 Å². The first-order chi connectivity index (χ1) is 13.1. The summed E-state index contributed by atoms with van der Waals surface area (Å²) < 4.78 is 39.0. The predicted molar refractivity (Wildman–Crippen MR) is 109 cm³/mol. The largest absolute Gasteiger partial charge is 0.433 e. The van der Waals surface area contributed by atoms with Gasteiger partial charge in [0, 0.05) is 31.3 Å². The number of carbonyl (C=O) groups is 1. The van der Waals surface area contributed by atoms with E-state index < -0.39 is 11.9 Å². The fourth-order valence-electron chi connectivity index (χ4n) is 3.71. The van der Waals surface area contributed by atoms with Crippen molar-refractivity contribution in [3.8, 4) is 0 Å². The molecule has 1 amide bonds. The molecule has 3 heterocycles. The molecular formula is C19H26F3N5OS. The summed E-state index contributed by atoms with van der Waals surface area (Å²) in [5.41, 5.74) is 1.13. The van der Waals surface area contributed by atoms with E-state index in [2.05, 4.69) is 25.4 Å². The van der Waals surface area contributed by atoms with E-state index in [1.807, 2.05) is 6.92 Å². The van der Waals surface area contributed by atoms with Gasteiger partial charge in [0.2, 0.25) is 5.91 Å². The second kappa shape index (κ2) is 9.17. The molecule has 1 aliphatic rings. The third kappa shape index (κ3) is 5.96. The van der Waals surface area contributed by atoms with Gasteiger partial charge in [-0.3, -0.25) is 14.8 Å². The highest BCUT2D eigenvalue weighted by Gasteiger charge is 2.33. The number of amides is 1. The average molecular weight is 430 g/mol. The van der Waals surface area contributed by atoms with Crippen molar-refractivity contribution in [2.75, 3.05) is 18.4 Å². The van der Waals surface area contributed by atoms with Crippen LogP contribution < -0.4 is 5.32 Å². The Morgan fingerprint density at radius 2 is 2.10 bits per heavy atom. The van der Waals surface area contributed by atoms with E-state index in [1.165, 1.54) is 6.92 Å². The normalized spacial score (nSPS) is 18.3. The maximum Gasteiger partial charge on any atom is 0.433 e. The van der Waals surface area contributed by atoms with Crippen molar-refractivity contribution in [1.82, 2.24) is 20.1 Å². The van der Waals surface area contributed by atoms with Gasteiger partial charge in [-0.15, -0.1) is 0 Å². The van der Waals surface area contributed by atoms with E-state index in [4.69, 9.17) is 0 Å². The summed E-state index contributed by atoms with van der Waals surface area (Å²) in [5, 5.41) is 9.66. The fourth-order valence-corrected chi connectivity index (χ4v) is 3.71. The Balaban J connectivity index is 0.00000300. The Bertz CT molecular complexity index is 855. The van der Waals surface area contributed by atoms with E-state index in [9.17, 15) is 18.0 Å². The number of aromatic amines is 1. The number of halogens is 3. The number of hydrogen-bond donors (Lipinski definition) is 2. The molecule has 1 aliphatic heterocycles. The molecule has 0 bridgehead atoms. The quantitative estimate of drug-likeness (QED) is 0.758. The number of carbonyl (C=O) groups excluding carboxylic acids is 1. The number of pyridine rings is 1. The van der Waals surface area contributed by atoms with Gasteiger partial charge in [0.05, 0.1) is 5.69 Å². The summed E-state index contributed by atoms with van der Waals surface area (Å²) >= 11 is 0. The molecule has 10 heteroatoms. The van der Waals surface area contributed by atoms with E-state index in [1.54, 1.807) is 19.1 Å². The van der Waals surface area contributed by atoms with Gasteiger partial charge >= 0.3 is 6.18 Å². The number of H-pyrrole nitrogens is 1. The molecule has 0 spiro atoms. The molecule has 0 aliphatic carbocycles. The second-order valence-electron chi connectivity index (χ2n) is 7.42. The lowest BCUT2D eigenvalue weighted by Gasteiger charge is -2.23. The van der Waals surface area contributed by atoms with Crippen molar-refractivity contribution in [3.63, 3.8) is 0 Å². The van der Waals surface area contributed by atoms with Gasteiger partial charge in [0.15, 0.2) is 5.82 Å². The summed E-state index contributed by atoms with van der Waals surface area (Å²) in [5.74, 6) is 0.581. The van der Waals surface area contributed by atoms with E-state index in [0.717, 1.165) is 31.3 Å².